The zero-order chi connectivity index (χ0) is 11.3. The molecule has 0 radical (unpaired) electrons. The molecule has 0 atom stereocenters. The van der Waals surface area contributed by atoms with E-state index in [0.29, 0.717) is 6.04 Å². The molecule has 1 N–H and O–H groups in total. The normalized spacial score (nSPS) is 11.6. The smallest absolute Gasteiger partial charge is 0.0558 e. The summed E-state index contributed by atoms with van der Waals surface area (Å²) >= 11 is 0. The molecule has 0 bridgehead atoms. The average Bonchev–Trinajstić information content (AvgIpc) is 2.58. The molecule has 4 nitrogen and oxygen atoms in total. The molecule has 15 heavy (non-hydrogen) atoms. The van der Waals surface area contributed by atoms with E-state index in [1.165, 1.54) is 5.69 Å². The molecule has 86 valence electrons. The van der Waals surface area contributed by atoms with Crippen molar-refractivity contribution in [3.8, 4) is 0 Å². The monoisotopic (exact) mass is 211 g/mol. The number of aryl methyl sites for hydroxylation is 1. The molecule has 0 saturated heterocycles. The molecule has 0 spiro atoms. The Kier molecular flexibility index (Phi) is 4.78. The standard InChI is InChI=1S/C11H21N3O/c1-10(2)14(8-9-15)7-5-11-4-6-12-13(11)3/h4,6,10,15H,5,7-9H2,1-3H3. The Morgan fingerprint density at radius 2 is 2.20 bits per heavy atom. The van der Waals surface area contributed by atoms with Crippen LogP contribution in [0.25, 0.3) is 0 Å². The predicted molar refractivity (Wildman–Crippen MR) is 60.7 cm³/mol. The van der Waals surface area contributed by atoms with Gasteiger partial charge in [-0.15, -0.1) is 0 Å². The molecule has 0 unspecified atom stereocenters. The summed E-state index contributed by atoms with van der Waals surface area (Å²) in [6.07, 6.45) is 2.80. The van der Waals surface area contributed by atoms with Gasteiger partial charge in [-0.3, -0.25) is 9.58 Å². The number of hydrogen-bond acceptors (Lipinski definition) is 3. The van der Waals surface area contributed by atoms with Crippen LogP contribution >= 0.6 is 0 Å². The fourth-order valence-corrected chi connectivity index (χ4v) is 1.66. The zero-order valence-electron chi connectivity index (χ0n) is 9.85. The van der Waals surface area contributed by atoms with Crippen molar-refractivity contribution in [1.82, 2.24) is 14.7 Å². The van der Waals surface area contributed by atoms with E-state index in [2.05, 4.69) is 23.8 Å². The van der Waals surface area contributed by atoms with Gasteiger partial charge >= 0.3 is 0 Å². The molecule has 0 aliphatic heterocycles. The van der Waals surface area contributed by atoms with Crippen LogP contribution in [0.5, 0.6) is 0 Å². The van der Waals surface area contributed by atoms with E-state index in [1.54, 1.807) is 0 Å². The lowest BCUT2D eigenvalue weighted by molar-refractivity contribution is 0.167. The molecule has 0 saturated carbocycles. The van der Waals surface area contributed by atoms with E-state index in [1.807, 2.05) is 24.0 Å². The lowest BCUT2D eigenvalue weighted by Gasteiger charge is -2.25. The fourth-order valence-electron chi connectivity index (χ4n) is 1.66. The van der Waals surface area contributed by atoms with E-state index >= 15 is 0 Å². The second-order valence-electron chi connectivity index (χ2n) is 4.05. The first-order chi connectivity index (χ1) is 7.15. The minimum atomic E-state index is 0.226. The van der Waals surface area contributed by atoms with Crippen LogP contribution in [0.2, 0.25) is 0 Å². The van der Waals surface area contributed by atoms with Gasteiger partial charge in [0.2, 0.25) is 0 Å². The topological polar surface area (TPSA) is 41.3 Å². The van der Waals surface area contributed by atoms with Crippen molar-refractivity contribution >= 4 is 0 Å². The van der Waals surface area contributed by atoms with Crippen LogP contribution in [0.15, 0.2) is 12.3 Å². The van der Waals surface area contributed by atoms with Crippen molar-refractivity contribution in [3.05, 3.63) is 18.0 Å². The molecular weight excluding hydrogens is 190 g/mol. The minimum Gasteiger partial charge on any atom is -0.395 e. The maximum atomic E-state index is 8.94. The molecule has 0 aromatic carbocycles. The van der Waals surface area contributed by atoms with Crippen LogP contribution in [-0.4, -0.2) is 45.5 Å². The van der Waals surface area contributed by atoms with E-state index in [9.17, 15) is 0 Å². The molecule has 1 rings (SSSR count). The van der Waals surface area contributed by atoms with Gasteiger partial charge in [-0.1, -0.05) is 0 Å². The maximum absolute atomic E-state index is 8.94. The summed E-state index contributed by atoms with van der Waals surface area (Å²) in [4.78, 5) is 2.27. The molecule has 4 heteroatoms. The number of aliphatic hydroxyl groups is 1. The predicted octanol–water partition coefficient (Wildman–Crippen LogP) is 0.665. The largest absolute Gasteiger partial charge is 0.395 e. The van der Waals surface area contributed by atoms with Gasteiger partial charge in [-0.25, -0.2) is 0 Å². The summed E-state index contributed by atoms with van der Waals surface area (Å²) < 4.78 is 1.90. The SMILES string of the molecule is CC(C)N(CCO)CCc1ccnn1C. The van der Waals surface area contributed by atoms with Crippen LogP contribution in [0.1, 0.15) is 19.5 Å². The molecule has 0 fully saturated rings. The van der Waals surface area contributed by atoms with Crippen LogP contribution in [-0.2, 0) is 13.5 Å². The second kappa shape index (κ2) is 5.88. The highest BCUT2D eigenvalue weighted by Gasteiger charge is 2.09. The van der Waals surface area contributed by atoms with Gasteiger partial charge in [-0.05, 0) is 19.9 Å². The molecule has 0 amide bonds. The zero-order valence-corrected chi connectivity index (χ0v) is 9.85. The van der Waals surface area contributed by atoms with Crippen molar-refractivity contribution in [2.45, 2.75) is 26.3 Å². The van der Waals surface area contributed by atoms with Gasteiger partial charge in [0.15, 0.2) is 0 Å². The second-order valence-corrected chi connectivity index (χ2v) is 4.05. The van der Waals surface area contributed by atoms with Crippen molar-refractivity contribution in [3.63, 3.8) is 0 Å². The highest BCUT2D eigenvalue weighted by Crippen LogP contribution is 2.03. The molecule has 1 heterocycles. The van der Waals surface area contributed by atoms with E-state index in [4.69, 9.17) is 5.11 Å². The molecule has 1 aromatic heterocycles. The average molecular weight is 211 g/mol. The Hall–Kier alpha value is -0.870. The molecule has 1 aromatic rings. The van der Waals surface area contributed by atoms with Crippen LogP contribution in [0.4, 0.5) is 0 Å². The van der Waals surface area contributed by atoms with Gasteiger partial charge in [0.25, 0.3) is 0 Å². The summed E-state index contributed by atoms with van der Waals surface area (Å²) in [6, 6.07) is 2.52. The highest BCUT2D eigenvalue weighted by atomic mass is 16.3. The van der Waals surface area contributed by atoms with Gasteiger partial charge in [-0.2, -0.15) is 5.10 Å². The third kappa shape index (κ3) is 3.64. The minimum absolute atomic E-state index is 0.226. The van der Waals surface area contributed by atoms with Gasteiger partial charge in [0.05, 0.1) is 6.61 Å². The summed E-state index contributed by atoms with van der Waals surface area (Å²) in [6.45, 7) is 6.24. The number of hydrogen-bond donors (Lipinski definition) is 1. The lowest BCUT2D eigenvalue weighted by Crippen LogP contribution is -2.35. The maximum Gasteiger partial charge on any atom is 0.0558 e. The summed E-state index contributed by atoms with van der Waals surface area (Å²) in [5, 5.41) is 13.1. The van der Waals surface area contributed by atoms with E-state index in [0.717, 1.165) is 19.5 Å². The Morgan fingerprint density at radius 1 is 1.47 bits per heavy atom. The molecule has 0 aliphatic rings. The third-order valence-electron chi connectivity index (χ3n) is 2.70. The highest BCUT2D eigenvalue weighted by molar-refractivity contribution is 5.00. The Labute approximate surface area is 91.5 Å². The van der Waals surface area contributed by atoms with Crippen molar-refractivity contribution in [1.29, 1.82) is 0 Å². The van der Waals surface area contributed by atoms with Crippen molar-refractivity contribution in [2.75, 3.05) is 19.7 Å². The van der Waals surface area contributed by atoms with Gasteiger partial charge < -0.3 is 5.11 Å². The third-order valence-corrected chi connectivity index (χ3v) is 2.70. The number of nitrogens with zero attached hydrogens (tertiary/aromatic N) is 3. The summed E-state index contributed by atoms with van der Waals surface area (Å²) in [5.41, 5.74) is 1.23. The van der Waals surface area contributed by atoms with Crippen LogP contribution < -0.4 is 0 Å². The van der Waals surface area contributed by atoms with Crippen molar-refractivity contribution in [2.24, 2.45) is 7.05 Å². The number of aliphatic hydroxyl groups excluding tert-OH is 1. The van der Waals surface area contributed by atoms with Gasteiger partial charge in [0.1, 0.15) is 0 Å². The lowest BCUT2D eigenvalue weighted by atomic mass is 10.2. The van der Waals surface area contributed by atoms with Crippen LogP contribution in [0.3, 0.4) is 0 Å². The summed E-state index contributed by atoms with van der Waals surface area (Å²) in [5.74, 6) is 0. The Bertz CT molecular complexity index is 283. The van der Waals surface area contributed by atoms with Crippen molar-refractivity contribution < 1.29 is 5.11 Å². The quantitative estimate of drug-likeness (QED) is 0.752. The fraction of sp³-hybridized carbons (Fsp3) is 0.727. The Morgan fingerprint density at radius 3 is 2.67 bits per heavy atom. The number of rotatable bonds is 6. The first-order valence-electron chi connectivity index (χ1n) is 5.47. The Balaban J connectivity index is 2.43. The number of aromatic nitrogens is 2. The van der Waals surface area contributed by atoms with E-state index < -0.39 is 0 Å². The molecule has 0 aliphatic carbocycles. The van der Waals surface area contributed by atoms with E-state index in [-0.39, 0.29) is 6.61 Å². The van der Waals surface area contributed by atoms with Gasteiger partial charge in [0, 0.05) is 44.5 Å². The first-order valence-corrected chi connectivity index (χ1v) is 5.47. The summed E-state index contributed by atoms with van der Waals surface area (Å²) in [7, 11) is 1.96. The van der Waals surface area contributed by atoms with Crippen LogP contribution in [0, 0.1) is 0 Å². The first kappa shape index (κ1) is 12.2. The molecular formula is C11H21N3O.